The van der Waals surface area contributed by atoms with Gasteiger partial charge >= 0.3 is 0 Å². The van der Waals surface area contributed by atoms with Crippen LogP contribution in [-0.2, 0) is 11.2 Å². The van der Waals surface area contributed by atoms with Crippen molar-refractivity contribution in [3.8, 4) is 0 Å². The largest absolute Gasteiger partial charge is 0.362 e. The molecule has 0 radical (unpaired) electrons. The first-order valence-electron chi connectivity index (χ1n) is 10.8. The number of halogens is 2. The van der Waals surface area contributed by atoms with Crippen LogP contribution in [0.4, 0.5) is 16.2 Å². The van der Waals surface area contributed by atoms with Crippen LogP contribution in [0.5, 0.6) is 0 Å². The third-order valence-electron chi connectivity index (χ3n) is 5.80. The van der Waals surface area contributed by atoms with Gasteiger partial charge in [0.15, 0.2) is 0 Å². The first kappa shape index (κ1) is 22.3. The van der Waals surface area contributed by atoms with Crippen molar-refractivity contribution in [2.24, 2.45) is 0 Å². The third kappa shape index (κ3) is 5.27. The van der Waals surface area contributed by atoms with E-state index in [1.165, 1.54) is 12.1 Å². The number of hydrogen-bond acceptors (Lipinski definition) is 5. The van der Waals surface area contributed by atoms with Crippen molar-refractivity contribution in [3.63, 3.8) is 0 Å². The molecule has 4 rings (SSSR count). The maximum Gasteiger partial charge on any atom is 0.225 e. The fourth-order valence-corrected chi connectivity index (χ4v) is 4.38. The monoisotopic (exact) mass is 455 g/mol. The molecule has 1 heterocycles. The predicted molar refractivity (Wildman–Crippen MR) is 127 cm³/mol. The summed E-state index contributed by atoms with van der Waals surface area (Å²) >= 11 is 6.04. The molecular formula is C24H27ClFN5O. The number of para-hydroxylation sites is 1. The maximum atomic E-state index is 13.2. The molecule has 1 aliphatic carbocycles. The lowest BCUT2D eigenvalue weighted by atomic mass is 9.91. The molecule has 1 amide bonds. The van der Waals surface area contributed by atoms with Crippen LogP contribution in [0.3, 0.4) is 0 Å². The van der Waals surface area contributed by atoms with E-state index in [4.69, 9.17) is 16.6 Å². The Balaban J connectivity index is 1.32. The summed E-state index contributed by atoms with van der Waals surface area (Å²) in [7, 11) is 3.96. The second kappa shape index (κ2) is 9.69. The van der Waals surface area contributed by atoms with Crippen molar-refractivity contribution in [2.75, 3.05) is 24.3 Å². The van der Waals surface area contributed by atoms with E-state index < -0.39 is 5.82 Å². The van der Waals surface area contributed by atoms with E-state index in [2.05, 4.69) is 15.6 Å². The van der Waals surface area contributed by atoms with E-state index in [1.807, 2.05) is 43.3 Å². The normalized spacial score (nSPS) is 18.4. The minimum absolute atomic E-state index is 0.0941. The molecule has 1 saturated carbocycles. The average Bonchev–Trinajstić information content (AvgIpc) is 2.76. The van der Waals surface area contributed by atoms with E-state index in [9.17, 15) is 9.18 Å². The quantitative estimate of drug-likeness (QED) is 0.569. The fourth-order valence-electron chi connectivity index (χ4n) is 4.15. The minimum atomic E-state index is -0.405. The van der Waals surface area contributed by atoms with E-state index in [0.717, 1.165) is 42.4 Å². The first-order chi connectivity index (χ1) is 15.4. The molecule has 32 heavy (non-hydrogen) atoms. The lowest BCUT2D eigenvalue weighted by Gasteiger charge is -2.30. The fraction of sp³-hybridized carbons (Fsp3) is 0.375. The van der Waals surface area contributed by atoms with Crippen LogP contribution in [0, 0.1) is 5.82 Å². The summed E-state index contributed by atoms with van der Waals surface area (Å²) in [5, 5.41) is 7.87. The van der Waals surface area contributed by atoms with Gasteiger partial charge in [0, 0.05) is 36.6 Å². The summed E-state index contributed by atoms with van der Waals surface area (Å²) in [6.07, 6.45) is 3.71. The molecule has 0 bridgehead atoms. The van der Waals surface area contributed by atoms with E-state index in [1.54, 1.807) is 6.07 Å². The highest BCUT2D eigenvalue weighted by Crippen LogP contribution is 2.26. The molecule has 6 nitrogen and oxygen atoms in total. The van der Waals surface area contributed by atoms with Gasteiger partial charge < -0.3 is 15.5 Å². The average molecular weight is 456 g/mol. The SMILES string of the molecule is CN(C)c1nc(NC2CCC(NC(=O)Cc3ccc(F)cc3Cl)CC2)nc2ccccc12. The van der Waals surface area contributed by atoms with Crippen molar-refractivity contribution in [2.45, 2.75) is 44.2 Å². The smallest absolute Gasteiger partial charge is 0.225 e. The molecule has 1 aromatic heterocycles. The molecule has 168 valence electrons. The Bertz CT molecular complexity index is 1110. The molecule has 0 aliphatic heterocycles. The first-order valence-corrected chi connectivity index (χ1v) is 11.2. The van der Waals surface area contributed by atoms with Crippen molar-refractivity contribution in [1.29, 1.82) is 0 Å². The maximum absolute atomic E-state index is 13.2. The van der Waals surface area contributed by atoms with Crippen molar-refractivity contribution in [3.05, 3.63) is 58.9 Å². The zero-order valence-electron chi connectivity index (χ0n) is 18.2. The Kier molecular flexibility index (Phi) is 6.74. The zero-order chi connectivity index (χ0) is 22.7. The number of hydrogen-bond donors (Lipinski definition) is 2. The standard InChI is InChI=1S/C24H27ClFN5O/c1-31(2)23-19-5-3-4-6-21(19)29-24(30-23)28-18-11-9-17(10-12-18)27-22(32)13-15-7-8-16(26)14-20(15)25/h3-8,14,17-18H,9-13H2,1-2H3,(H,27,32)(H,28,29,30). The van der Waals surface area contributed by atoms with Crippen LogP contribution >= 0.6 is 11.6 Å². The van der Waals surface area contributed by atoms with Crippen molar-refractivity contribution in [1.82, 2.24) is 15.3 Å². The molecule has 1 fully saturated rings. The van der Waals surface area contributed by atoms with Gasteiger partial charge in [0.1, 0.15) is 11.6 Å². The van der Waals surface area contributed by atoms with Crippen LogP contribution in [0.15, 0.2) is 42.5 Å². The van der Waals surface area contributed by atoms with Crippen LogP contribution in [0.1, 0.15) is 31.2 Å². The summed E-state index contributed by atoms with van der Waals surface area (Å²) in [6.45, 7) is 0. The zero-order valence-corrected chi connectivity index (χ0v) is 19.0. The number of rotatable bonds is 6. The molecule has 2 N–H and O–H groups in total. The number of benzene rings is 2. The van der Waals surface area contributed by atoms with E-state index >= 15 is 0 Å². The van der Waals surface area contributed by atoms with Gasteiger partial charge in [-0.05, 0) is 55.5 Å². The van der Waals surface area contributed by atoms with Gasteiger partial charge in [0.2, 0.25) is 11.9 Å². The highest BCUT2D eigenvalue weighted by molar-refractivity contribution is 6.31. The highest BCUT2D eigenvalue weighted by Gasteiger charge is 2.23. The Hall–Kier alpha value is -2.93. The van der Waals surface area contributed by atoms with Crippen LogP contribution < -0.4 is 15.5 Å². The lowest BCUT2D eigenvalue weighted by Crippen LogP contribution is -2.41. The van der Waals surface area contributed by atoms with Gasteiger partial charge in [-0.2, -0.15) is 4.98 Å². The number of aromatic nitrogens is 2. The van der Waals surface area contributed by atoms with Gasteiger partial charge in [-0.3, -0.25) is 4.79 Å². The predicted octanol–water partition coefficient (Wildman–Crippen LogP) is 4.57. The Morgan fingerprint density at radius 2 is 1.81 bits per heavy atom. The highest BCUT2D eigenvalue weighted by atomic mass is 35.5. The molecular weight excluding hydrogens is 429 g/mol. The second-order valence-corrected chi connectivity index (χ2v) is 8.86. The van der Waals surface area contributed by atoms with Gasteiger partial charge in [-0.15, -0.1) is 0 Å². The second-order valence-electron chi connectivity index (χ2n) is 8.46. The number of nitrogens with zero attached hydrogens (tertiary/aromatic N) is 3. The molecule has 1 aliphatic rings. The van der Waals surface area contributed by atoms with Crippen LogP contribution in [0.25, 0.3) is 10.9 Å². The van der Waals surface area contributed by atoms with E-state index in [0.29, 0.717) is 11.5 Å². The van der Waals surface area contributed by atoms with Gasteiger partial charge in [0.25, 0.3) is 0 Å². The number of carbonyl (C=O) groups is 1. The third-order valence-corrected chi connectivity index (χ3v) is 6.15. The number of fused-ring (bicyclic) bond motifs is 1. The molecule has 0 atom stereocenters. The topological polar surface area (TPSA) is 70.2 Å². The molecule has 8 heteroatoms. The summed E-state index contributed by atoms with van der Waals surface area (Å²) < 4.78 is 13.2. The molecule has 2 aromatic carbocycles. The van der Waals surface area contributed by atoms with E-state index in [-0.39, 0.29) is 29.4 Å². The number of carbonyl (C=O) groups excluding carboxylic acids is 1. The summed E-state index contributed by atoms with van der Waals surface area (Å²) in [5.74, 6) is 1.02. The molecule has 0 unspecified atom stereocenters. The number of amides is 1. The summed E-state index contributed by atoms with van der Waals surface area (Å²) in [4.78, 5) is 23.8. The minimum Gasteiger partial charge on any atom is -0.362 e. The summed E-state index contributed by atoms with van der Waals surface area (Å²) in [5.41, 5.74) is 1.54. The summed E-state index contributed by atoms with van der Waals surface area (Å²) in [6, 6.07) is 12.5. The Labute approximate surface area is 192 Å². The Morgan fingerprint density at radius 1 is 1.09 bits per heavy atom. The van der Waals surface area contributed by atoms with Crippen LogP contribution in [0.2, 0.25) is 5.02 Å². The molecule has 3 aromatic rings. The number of nitrogens with one attached hydrogen (secondary N) is 2. The number of anilines is 2. The van der Waals surface area contributed by atoms with Gasteiger partial charge in [-0.1, -0.05) is 29.8 Å². The van der Waals surface area contributed by atoms with Crippen LogP contribution in [-0.4, -0.2) is 42.1 Å². The Morgan fingerprint density at radius 3 is 2.53 bits per heavy atom. The molecule has 0 spiro atoms. The van der Waals surface area contributed by atoms with Gasteiger partial charge in [0.05, 0.1) is 11.9 Å². The van der Waals surface area contributed by atoms with Gasteiger partial charge in [-0.25, -0.2) is 9.37 Å². The van der Waals surface area contributed by atoms with Crippen molar-refractivity contribution < 1.29 is 9.18 Å². The molecule has 0 saturated heterocycles. The lowest BCUT2D eigenvalue weighted by molar-refractivity contribution is -0.121. The van der Waals surface area contributed by atoms with Crippen molar-refractivity contribution >= 4 is 40.2 Å².